The Balaban J connectivity index is 0.00000121. The number of nitrogens with one attached hydrogen (secondary N) is 1. The highest BCUT2D eigenvalue weighted by molar-refractivity contribution is 5.85. The van der Waals surface area contributed by atoms with Crippen molar-refractivity contribution in [1.82, 2.24) is 5.32 Å². The third kappa shape index (κ3) is 4.21. The summed E-state index contributed by atoms with van der Waals surface area (Å²) >= 11 is 0. The lowest BCUT2D eigenvalue weighted by Crippen LogP contribution is -2.40. The normalized spacial score (nSPS) is 22.2. The van der Waals surface area contributed by atoms with Crippen molar-refractivity contribution < 1.29 is 0 Å². The molecule has 1 saturated heterocycles. The van der Waals surface area contributed by atoms with Gasteiger partial charge in [0.15, 0.2) is 0 Å². The molecule has 1 unspecified atom stereocenters. The van der Waals surface area contributed by atoms with Gasteiger partial charge in [0.05, 0.1) is 11.4 Å². The van der Waals surface area contributed by atoms with Crippen LogP contribution in [0.3, 0.4) is 0 Å². The number of anilines is 2. The minimum atomic E-state index is 0. The molecule has 3 rings (SSSR count). The number of nitrogens with zero attached hydrogens (tertiary/aromatic N) is 2. The van der Waals surface area contributed by atoms with Crippen LogP contribution >= 0.6 is 24.8 Å². The zero-order chi connectivity index (χ0) is 13.9. The fraction of sp³-hybridized carbons (Fsp3) is 0.647. The number of hydrogen-bond acceptors (Lipinski definition) is 3. The number of benzene rings is 1. The summed E-state index contributed by atoms with van der Waals surface area (Å²) in [5.74, 6) is 0.843. The molecule has 0 saturated carbocycles. The van der Waals surface area contributed by atoms with E-state index in [1.807, 2.05) is 0 Å². The third-order valence-electron chi connectivity index (χ3n) is 4.93. The second-order valence-electron chi connectivity index (χ2n) is 6.39. The maximum atomic E-state index is 3.47. The lowest BCUT2D eigenvalue weighted by Gasteiger charge is -2.35. The number of halogens is 2. The molecule has 2 heterocycles. The fourth-order valence-electron chi connectivity index (χ4n) is 3.54. The fourth-order valence-corrected chi connectivity index (χ4v) is 3.54. The van der Waals surface area contributed by atoms with Crippen molar-refractivity contribution in [3.8, 4) is 0 Å². The molecule has 0 aromatic heterocycles. The van der Waals surface area contributed by atoms with Crippen LogP contribution < -0.4 is 15.1 Å². The molecule has 1 aromatic rings. The van der Waals surface area contributed by atoms with E-state index in [9.17, 15) is 0 Å². The summed E-state index contributed by atoms with van der Waals surface area (Å²) in [5.41, 5.74) is 2.82. The van der Waals surface area contributed by atoms with Gasteiger partial charge in [0.25, 0.3) is 0 Å². The van der Waals surface area contributed by atoms with Crippen LogP contribution in [0.4, 0.5) is 11.4 Å². The van der Waals surface area contributed by atoms with Crippen LogP contribution in [-0.2, 0) is 0 Å². The quantitative estimate of drug-likeness (QED) is 0.883. The zero-order valence-corrected chi connectivity index (χ0v) is 15.3. The van der Waals surface area contributed by atoms with E-state index in [0.29, 0.717) is 6.04 Å². The Kier molecular flexibility index (Phi) is 7.81. The van der Waals surface area contributed by atoms with Gasteiger partial charge in [0, 0.05) is 26.2 Å². The Bertz CT molecular complexity index is 449. The van der Waals surface area contributed by atoms with Gasteiger partial charge in [-0.05, 0) is 57.3 Å². The molecule has 1 N–H and O–H groups in total. The summed E-state index contributed by atoms with van der Waals surface area (Å²) in [5, 5.41) is 3.47. The summed E-state index contributed by atoms with van der Waals surface area (Å²) < 4.78 is 0. The summed E-state index contributed by atoms with van der Waals surface area (Å²) in [6, 6.07) is 9.54. The van der Waals surface area contributed by atoms with Crippen LogP contribution in [0.25, 0.3) is 0 Å². The zero-order valence-electron chi connectivity index (χ0n) is 13.6. The van der Waals surface area contributed by atoms with Gasteiger partial charge < -0.3 is 15.1 Å². The summed E-state index contributed by atoms with van der Waals surface area (Å²) in [7, 11) is 2.22. The van der Waals surface area contributed by atoms with E-state index in [1.54, 1.807) is 0 Å². The van der Waals surface area contributed by atoms with Gasteiger partial charge in [-0.1, -0.05) is 12.1 Å². The maximum Gasteiger partial charge on any atom is 0.0606 e. The Morgan fingerprint density at radius 3 is 2.36 bits per heavy atom. The van der Waals surface area contributed by atoms with E-state index in [0.717, 1.165) is 12.5 Å². The first-order valence-electron chi connectivity index (χ1n) is 8.03. The summed E-state index contributed by atoms with van der Waals surface area (Å²) in [4.78, 5) is 5.07. The molecule has 0 spiro atoms. The molecule has 2 aliphatic heterocycles. The van der Waals surface area contributed by atoms with E-state index >= 15 is 0 Å². The van der Waals surface area contributed by atoms with Crippen LogP contribution in [0.15, 0.2) is 24.3 Å². The molecule has 0 aliphatic carbocycles. The van der Waals surface area contributed by atoms with Crippen molar-refractivity contribution in [3.05, 3.63) is 24.3 Å². The number of piperidine rings is 1. The van der Waals surface area contributed by atoms with E-state index in [2.05, 4.69) is 53.4 Å². The number of rotatable bonds is 2. The highest BCUT2D eigenvalue weighted by Crippen LogP contribution is 2.34. The van der Waals surface area contributed by atoms with E-state index in [4.69, 9.17) is 0 Å². The van der Waals surface area contributed by atoms with Gasteiger partial charge in [0.1, 0.15) is 0 Å². The van der Waals surface area contributed by atoms with Gasteiger partial charge in [-0.2, -0.15) is 0 Å². The van der Waals surface area contributed by atoms with E-state index in [1.165, 1.54) is 50.3 Å². The maximum absolute atomic E-state index is 3.47. The van der Waals surface area contributed by atoms with Crippen molar-refractivity contribution >= 4 is 36.2 Å². The second-order valence-corrected chi connectivity index (χ2v) is 6.39. The molecule has 0 amide bonds. The molecule has 0 radical (unpaired) electrons. The molecule has 2 aliphatic rings. The summed E-state index contributed by atoms with van der Waals surface area (Å²) in [6.45, 7) is 7.13. The van der Waals surface area contributed by atoms with E-state index < -0.39 is 0 Å². The van der Waals surface area contributed by atoms with Gasteiger partial charge in [-0.3, -0.25) is 0 Å². The molecule has 1 aromatic carbocycles. The van der Waals surface area contributed by atoms with E-state index in [-0.39, 0.29) is 24.8 Å². The standard InChI is InChI=1S/C17H27N3.2ClH/c1-14-9-12-19(2)16-5-3-4-6-17(16)20(14)13-15-7-10-18-11-8-15;;/h3-6,14-15,18H,7-13H2,1-2H3;2*1H. The predicted molar refractivity (Wildman–Crippen MR) is 101 cm³/mol. The van der Waals surface area contributed by atoms with Gasteiger partial charge in [0.2, 0.25) is 0 Å². The molecule has 126 valence electrons. The largest absolute Gasteiger partial charge is 0.373 e. The minimum Gasteiger partial charge on any atom is -0.373 e. The van der Waals surface area contributed by atoms with Crippen LogP contribution in [0, 0.1) is 5.92 Å². The predicted octanol–water partition coefficient (Wildman–Crippen LogP) is 3.56. The van der Waals surface area contributed by atoms with Gasteiger partial charge in [-0.25, -0.2) is 0 Å². The molecule has 0 bridgehead atoms. The molecular formula is C17H29Cl2N3. The van der Waals surface area contributed by atoms with Crippen molar-refractivity contribution in [2.45, 2.75) is 32.2 Å². The van der Waals surface area contributed by atoms with Gasteiger partial charge >= 0.3 is 0 Å². The highest BCUT2D eigenvalue weighted by atomic mass is 35.5. The average molecular weight is 346 g/mol. The SMILES string of the molecule is CC1CCN(C)c2ccccc2N1CC1CCNCC1.Cl.Cl. The molecule has 5 heteroatoms. The second kappa shape index (κ2) is 8.85. The van der Waals surface area contributed by atoms with Gasteiger partial charge in [-0.15, -0.1) is 24.8 Å². The topological polar surface area (TPSA) is 18.5 Å². The van der Waals surface area contributed by atoms with Crippen LogP contribution in [0.5, 0.6) is 0 Å². The van der Waals surface area contributed by atoms with Crippen LogP contribution in [0.2, 0.25) is 0 Å². The molecule has 22 heavy (non-hydrogen) atoms. The first kappa shape index (κ1) is 19.4. The third-order valence-corrected chi connectivity index (χ3v) is 4.93. The molecular weight excluding hydrogens is 317 g/mol. The number of hydrogen-bond donors (Lipinski definition) is 1. The smallest absolute Gasteiger partial charge is 0.0606 e. The van der Waals surface area contributed by atoms with Crippen molar-refractivity contribution in [1.29, 1.82) is 0 Å². The Morgan fingerprint density at radius 1 is 1.05 bits per heavy atom. The van der Waals surface area contributed by atoms with Crippen molar-refractivity contribution in [2.24, 2.45) is 5.92 Å². The lowest BCUT2D eigenvalue weighted by molar-refractivity contribution is 0.365. The van der Waals surface area contributed by atoms with Crippen molar-refractivity contribution in [3.63, 3.8) is 0 Å². The Labute approximate surface area is 147 Å². The van der Waals surface area contributed by atoms with Crippen molar-refractivity contribution in [2.75, 3.05) is 43.0 Å². The van der Waals surface area contributed by atoms with Crippen LogP contribution in [-0.4, -0.2) is 39.3 Å². The lowest BCUT2D eigenvalue weighted by atomic mass is 9.96. The average Bonchev–Trinajstić information content (AvgIpc) is 2.61. The number of para-hydroxylation sites is 2. The molecule has 1 atom stereocenters. The first-order valence-corrected chi connectivity index (χ1v) is 8.03. The molecule has 3 nitrogen and oxygen atoms in total. The Hall–Kier alpha value is -0.640. The molecule has 1 fully saturated rings. The van der Waals surface area contributed by atoms with Crippen LogP contribution in [0.1, 0.15) is 26.2 Å². The Morgan fingerprint density at radius 2 is 1.68 bits per heavy atom. The summed E-state index contributed by atoms with van der Waals surface area (Å²) in [6.07, 6.45) is 3.89. The first-order chi connectivity index (χ1) is 9.75. The monoisotopic (exact) mass is 345 g/mol. The minimum absolute atomic E-state index is 0. The highest BCUT2D eigenvalue weighted by Gasteiger charge is 2.26. The number of fused-ring (bicyclic) bond motifs is 1.